The minimum Gasteiger partial charge on any atom is -0.383 e. The van der Waals surface area contributed by atoms with Crippen LogP contribution in [0.4, 0.5) is 0 Å². The van der Waals surface area contributed by atoms with Gasteiger partial charge in [-0.15, -0.1) is 0 Å². The molecule has 4 nitrogen and oxygen atoms in total. The molecule has 0 spiro atoms. The Kier molecular flexibility index (Phi) is 8.20. The van der Waals surface area contributed by atoms with Crippen LogP contribution in [0.25, 0.3) is 0 Å². The zero-order valence-corrected chi connectivity index (χ0v) is 12.9. The summed E-state index contributed by atoms with van der Waals surface area (Å²) in [7, 11) is 1.67. The van der Waals surface area contributed by atoms with Crippen molar-refractivity contribution in [2.75, 3.05) is 26.8 Å². The highest BCUT2D eigenvalue weighted by Crippen LogP contribution is 2.09. The van der Waals surface area contributed by atoms with E-state index in [0.717, 1.165) is 12.8 Å². The number of methoxy groups -OCH3 is 1. The molecule has 0 heterocycles. The standard InChI is InChI=1S/C14H30N2O2/c1-7-12(8-2)16(9-10-18-6)13(17)11-15-14(3,4)5/h12,15H,7-11H2,1-6H3. The lowest BCUT2D eigenvalue weighted by Crippen LogP contribution is -2.49. The quantitative estimate of drug-likeness (QED) is 0.724. The van der Waals surface area contributed by atoms with Crippen molar-refractivity contribution in [3.8, 4) is 0 Å². The van der Waals surface area contributed by atoms with Crippen LogP contribution < -0.4 is 5.32 Å². The minimum atomic E-state index is -0.0312. The molecular weight excluding hydrogens is 228 g/mol. The molecule has 1 N–H and O–H groups in total. The van der Waals surface area contributed by atoms with Crippen LogP contribution in [0.5, 0.6) is 0 Å². The molecule has 0 aliphatic heterocycles. The number of ether oxygens (including phenoxy) is 1. The van der Waals surface area contributed by atoms with E-state index in [1.807, 2.05) is 4.90 Å². The fourth-order valence-corrected chi connectivity index (χ4v) is 1.87. The highest BCUT2D eigenvalue weighted by molar-refractivity contribution is 5.78. The van der Waals surface area contributed by atoms with Crippen molar-refractivity contribution < 1.29 is 9.53 Å². The smallest absolute Gasteiger partial charge is 0.236 e. The molecule has 0 aromatic carbocycles. The first-order valence-electron chi connectivity index (χ1n) is 6.89. The van der Waals surface area contributed by atoms with E-state index in [1.165, 1.54) is 0 Å². The van der Waals surface area contributed by atoms with Crippen LogP contribution in [0.1, 0.15) is 47.5 Å². The fourth-order valence-electron chi connectivity index (χ4n) is 1.87. The molecular formula is C14H30N2O2. The Labute approximate surface area is 112 Å². The maximum atomic E-state index is 12.3. The molecule has 0 saturated heterocycles. The van der Waals surface area contributed by atoms with E-state index in [-0.39, 0.29) is 11.4 Å². The predicted octanol–water partition coefficient (Wildman–Crippen LogP) is 2.04. The molecule has 0 saturated carbocycles. The van der Waals surface area contributed by atoms with Crippen molar-refractivity contribution in [2.24, 2.45) is 0 Å². The molecule has 0 atom stereocenters. The lowest BCUT2D eigenvalue weighted by atomic mass is 10.1. The third-order valence-corrected chi connectivity index (χ3v) is 3.01. The molecule has 0 radical (unpaired) electrons. The first kappa shape index (κ1) is 17.4. The summed E-state index contributed by atoms with van der Waals surface area (Å²) in [6.07, 6.45) is 1.98. The second-order valence-corrected chi connectivity index (χ2v) is 5.65. The molecule has 0 aromatic heterocycles. The zero-order valence-electron chi connectivity index (χ0n) is 12.9. The number of carbonyl (C=O) groups excluding carboxylic acids is 1. The Morgan fingerprint density at radius 1 is 1.28 bits per heavy atom. The second-order valence-electron chi connectivity index (χ2n) is 5.65. The lowest BCUT2D eigenvalue weighted by molar-refractivity contribution is -0.133. The van der Waals surface area contributed by atoms with Gasteiger partial charge in [0.25, 0.3) is 0 Å². The van der Waals surface area contributed by atoms with Crippen molar-refractivity contribution in [2.45, 2.75) is 59.0 Å². The Balaban J connectivity index is 4.48. The number of nitrogens with zero attached hydrogens (tertiary/aromatic N) is 1. The minimum absolute atomic E-state index is 0.0312. The molecule has 0 aliphatic carbocycles. The molecule has 0 fully saturated rings. The van der Waals surface area contributed by atoms with Gasteiger partial charge in [0, 0.05) is 25.2 Å². The van der Waals surface area contributed by atoms with Gasteiger partial charge in [0.05, 0.1) is 13.2 Å². The first-order chi connectivity index (χ1) is 8.35. The van der Waals surface area contributed by atoms with Gasteiger partial charge in [0.1, 0.15) is 0 Å². The summed E-state index contributed by atoms with van der Waals surface area (Å²) >= 11 is 0. The van der Waals surface area contributed by atoms with E-state index < -0.39 is 0 Å². The monoisotopic (exact) mass is 258 g/mol. The zero-order chi connectivity index (χ0) is 14.2. The Morgan fingerprint density at radius 3 is 2.22 bits per heavy atom. The van der Waals surface area contributed by atoms with E-state index >= 15 is 0 Å². The summed E-state index contributed by atoms with van der Waals surface area (Å²) in [5, 5.41) is 3.25. The number of amides is 1. The summed E-state index contributed by atoms with van der Waals surface area (Å²) in [6, 6.07) is 0.314. The molecule has 1 amide bonds. The number of hydrogen-bond donors (Lipinski definition) is 1. The molecule has 0 unspecified atom stereocenters. The molecule has 4 heteroatoms. The lowest BCUT2D eigenvalue weighted by Gasteiger charge is -2.32. The Morgan fingerprint density at radius 2 is 1.83 bits per heavy atom. The van der Waals surface area contributed by atoms with E-state index in [4.69, 9.17) is 4.74 Å². The molecule has 0 rings (SSSR count). The third-order valence-electron chi connectivity index (χ3n) is 3.01. The van der Waals surface area contributed by atoms with Crippen LogP contribution in [0.2, 0.25) is 0 Å². The summed E-state index contributed by atoms with van der Waals surface area (Å²) in [6.45, 7) is 12.1. The first-order valence-corrected chi connectivity index (χ1v) is 6.89. The predicted molar refractivity (Wildman–Crippen MR) is 75.7 cm³/mol. The average molecular weight is 258 g/mol. The van der Waals surface area contributed by atoms with Gasteiger partial charge in [0.15, 0.2) is 0 Å². The summed E-state index contributed by atoms with van der Waals surface area (Å²) in [5.74, 6) is 0.163. The van der Waals surface area contributed by atoms with E-state index in [1.54, 1.807) is 7.11 Å². The van der Waals surface area contributed by atoms with Crippen LogP contribution >= 0.6 is 0 Å². The Bertz CT molecular complexity index is 232. The van der Waals surface area contributed by atoms with Crippen LogP contribution in [0.3, 0.4) is 0 Å². The average Bonchev–Trinajstić information content (AvgIpc) is 2.30. The number of nitrogens with one attached hydrogen (secondary N) is 1. The molecule has 0 aromatic rings. The largest absolute Gasteiger partial charge is 0.383 e. The van der Waals surface area contributed by atoms with Crippen molar-refractivity contribution >= 4 is 5.91 Å². The van der Waals surface area contributed by atoms with E-state index in [9.17, 15) is 4.79 Å². The van der Waals surface area contributed by atoms with Gasteiger partial charge in [-0.2, -0.15) is 0 Å². The van der Waals surface area contributed by atoms with Gasteiger partial charge in [-0.3, -0.25) is 4.79 Å². The normalized spacial score (nSPS) is 11.9. The fraction of sp³-hybridized carbons (Fsp3) is 0.929. The number of rotatable bonds is 8. The second kappa shape index (κ2) is 8.48. The Hall–Kier alpha value is -0.610. The van der Waals surface area contributed by atoms with Gasteiger partial charge < -0.3 is 15.0 Å². The van der Waals surface area contributed by atoms with Gasteiger partial charge in [-0.25, -0.2) is 0 Å². The molecule has 0 bridgehead atoms. The van der Waals surface area contributed by atoms with Crippen LogP contribution in [-0.4, -0.2) is 49.2 Å². The van der Waals surface area contributed by atoms with E-state index in [0.29, 0.717) is 25.7 Å². The maximum absolute atomic E-state index is 12.3. The van der Waals surface area contributed by atoms with Crippen LogP contribution in [-0.2, 0) is 9.53 Å². The maximum Gasteiger partial charge on any atom is 0.236 e. The summed E-state index contributed by atoms with van der Waals surface area (Å²) < 4.78 is 5.09. The highest BCUT2D eigenvalue weighted by atomic mass is 16.5. The number of carbonyl (C=O) groups is 1. The van der Waals surface area contributed by atoms with E-state index in [2.05, 4.69) is 39.9 Å². The van der Waals surface area contributed by atoms with Crippen LogP contribution in [0, 0.1) is 0 Å². The summed E-state index contributed by atoms with van der Waals surface area (Å²) in [5.41, 5.74) is -0.0312. The van der Waals surface area contributed by atoms with Crippen LogP contribution in [0.15, 0.2) is 0 Å². The van der Waals surface area contributed by atoms with Crippen molar-refractivity contribution in [3.63, 3.8) is 0 Å². The van der Waals surface area contributed by atoms with Crippen molar-refractivity contribution in [1.29, 1.82) is 0 Å². The third kappa shape index (κ3) is 6.97. The van der Waals surface area contributed by atoms with Gasteiger partial charge >= 0.3 is 0 Å². The van der Waals surface area contributed by atoms with Crippen molar-refractivity contribution in [3.05, 3.63) is 0 Å². The molecule has 18 heavy (non-hydrogen) atoms. The molecule has 108 valence electrons. The highest BCUT2D eigenvalue weighted by Gasteiger charge is 2.21. The van der Waals surface area contributed by atoms with Gasteiger partial charge in [0.2, 0.25) is 5.91 Å². The number of hydrogen-bond acceptors (Lipinski definition) is 3. The van der Waals surface area contributed by atoms with Gasteiger partial charge in [-0.05, 0) is 33.6 Å². The molecule has 0 aliphatic rings. The topological polar surface area (TPSA) is 41.6 Å². The SMILES string of the molecule is CCC(CC)N(CCOC)C(=O)CNC(C)(C)C. The summed E-state index contributed by atoms with van der Waals surface area (Å²) in [4.78, 5) is 14.2. The van der Waals surface area contributed by atoms with Crippen molar-refractivity contribution in [1.82, 2.24) is 10.2 Å². The van der Waals surface area contributed by atoms with Gasteiger partial charge in [-0.1, -0.05) is 13.8 Å².